The molecule has 3 aliphatic carbocycles. The molecule has 2 aromatic carbocycles. The summed E-state index contributed by atoms with van der Waals surface area (Å²) >= 11 is 0. The third-order valence-electron chi connectivity index (χ3n) is 10.2. The molecular formula is C36H50F4O2. The Bertz CT molecular complexity index is 1130. The number of aryl methyl sites for hydroxylation is 2. The lowest BCUT2D eigenvalue weighted by atomic mass is 9.69. The Morgan fingerprint density at radius 3 is 1.24 bits per heavy atom. The van der Waals surface area contributed by atoms with Crippen LogP contribution in [0.15, 0.2) is 24.3 Å². The minimum Gasteiger partial charge on any atom is -0.490 e. The van der Waals surface area contributed by atoms with Crippen molar-refractivity contribution >= 4 is 0 Å². The maximum absolute atomic E-state index is 13.9. The predicted octanol–water partition coefficient (Wildman–Crippen LogP) is 10.8. The second-order valence-electron chi connectivity index (χ2n) is 13.6. The number of hydrogen-bond donors (Lipinski definition) is 0. The van der Waals surface area contributed by atoms with Gasteiger partial charge in [-0.25, -0.2) is 8.78 Å². The van der Waals surface area contributed by atoms with Gasteiger partial charge in [0.25, 0.3) is 0 Å². The van der Waals surface area contributed by atoms with Crippen LogP contribution in [0.1, 0.15) is 102 Å². The first-order chi connectivity index (χ1) is 20.1. The van der Waals surface area contributed by atoms with Crippen molar-refractivity contribution in [1.82, 2.24) is 0 Å². The van der Waals surface area contributed by atoms with Gasteiger partial charge in [0, 0.05) is 0 Å². The molecular weight excluding hydrogens is 540 g/mol. The molecule has 0 bridgehead atoms. The summed E-state index contributed by atoms with van der Waals surface area (Å²) in [5, 5.41) is 0. The predicted molar refractivity (Wildman–Crippen MR) is 161 cm³/mol. The molecule has 0 radical (unpaired) electrons. The smallest absolute Gasteiger partial charge is 0.200 e. The van der Waals surface area contributed by atoms with E-state index in [1.165, 1.54) is 57.4 Å². The molecule has 5 rings (SSSR count). The van der Waals surface area contributed by atoms with E-state index < -0.39 is 23.3 Å². The van der Waals surface area contributed by atoms with E-state index in [2.05, 4.69) is 13.8 Å². The second-order valence-corrected chi connectivity index (χ2v) is 13.6. The van der Waals surface area contributed by atoms with Crippen LogP contribution in [-0.2, 0) is 0 Å². The van der Waals surface area contributed by atoms with Gasteiger partial charge in [-0.1, -0.05) is 51.7 Å². The summed E-state index contributed by atoms with van der Waals surface area (Å²) in [6.07, 6.45) is 15.1. The van der Waals surface area contributed by atoms with Gasteiger partial charge in [-0.15, -0.1) is 0 Å². The summed E-state index contributed by atoms with van der Waals surface area (Å²) in [4.78, 5) is 0. The number of ether oxygens (including phenoxy) is 2. The monoisotopic (exact) mass is 590 g/mol. The molecule has 0 aromatic heterocycles. The Hall–Kier alpha value is -2.24. The van der Waals surface area contributed by atoms with Crippen LogP contribution >= 0.6 is 0 Å². The highest BCUT2D eigenvalue weighted by Gasteiger charge is 2.30. The molecule has 3 saturated carbocycles. The van der Waals surface area contributed by atoms with Crippen LogP contribution in [0.4, 0.5) is 17.6 Å². The first-order valence-electron chi connectivity index (χ1n) is 16.3. The molecule has 0 amide bonds. The number of halogens is 4. The van der Waals surface area contributed by atoms with E-state index >= 15 is 0 Å². The summed E-state index contributed by atoms with van der Waals surface area (Å²) in [5.41, 5.74) is 0.633. The van der Waals surface area contributed by atoms with Crippen molar-refractivity contribution in [3.8, 4) is 11.5 Å². The number of benzene rings is 2. The topological polar surface area (TPSA) is 18.5 Å². The molecule has 2 nitrogen and oxygen atoms in total. The fourth-order valence-corrected chi connectivity index (χ4v) is 6.97. The molecule has 3 aliphatic rings. The van der Waals surface area contributed by atoms with Crippen molar-refractivity contribution in [2.75, 3.05) is 13.2 Å². The van der Waals surface area contributed by atoms with Crippen LogP contribution in [0.25, 0.3) is 0 Å². The fourth-order valence-electron chi connectivity index (χ4n) is 6.97. The van der Waals surface area contributed by atoms with Crippen LogP contribution in [0.5, 0.6) is 11.5 Å². The molecule has 0 spiro atoms. The molecule has 6 heteroatoms. The van der Waals surface area contributed by atoms with E-state index in [4.69, 9.17) is 9.47 Å². The quantitative estimate of drug-likeness (QED) is 0.299. The largest absolute Gasteiger partial charge is 0.490 e. The number of hydrogen-bond acceptors (Lipinski definition) is 2. The van der Waals surface area contributed by atoms with Crippen LogP contribution in [0.3, 0.4) is 0 Å². The molecule has 234 valence electrons. The van der Waals surface area contributed by atoms with Gasteiger partial charge in [0.05, 0.1) is 13.2 Å². The minimum absolute atomic E-state index is 0.0386. The maximum Gasteiger partial charge on any atom is 0.200 e. The lowest BCUT2D eigenvalue weighted by Crippen LogP contribution is -2.27. The van der Waals surface area contributed by atoms with Gasteiger partial charge in [0.1, 0.15) is 0 Å². The third-order valence-corrected chi connectivity index (χ3v) is 10.2. The molecule has 0 saturated heterocycles. The summed E-state index contributed by atoms with van der Waals surface area (Å²) < 4.78 is 65.4. The summed E-state index contributed by atoms with van der Waals surface area (Å²) in [6, 6.07) is 6.19. The summed E-state index contributed by atoms with van der Waals surface area (Å²) in [7, 11) is 0. The van der Waals surface area contributed by atoms with Crippen LogP contribution in [-0.4, -0.2) is 13.2 Å². The maximum atomic E-state index is 13.9. The zero-order valence-electron chi connectivity index (χ0n) is 26.0. The SMILES string of the molecule is Cc1ccc(OCC2CCC(C)CC2)c(F)c1F.Cc1ccc(OCC2CCC(C3CCC(C)CC3)CC2)c(F)c1F. The van der Waals surface area contributed by atoms with Crippen molar-refractivity contribution in [3.05, 3.63) is 58.7 Å². The van der Waals surface area contributed by atoms with Gasteiger partial charge in [-0.3, -0.25) is 0 Å². The van der Waals surface area contributed by atoms with Gasteiger partial charge in [-0.2, -0.15) is 8.78 Å². The summed E-state index contributed by atoms with van der Waals surface area (Å²) in [6.45, 7) is 8.74. The van der Waals surface area contributed by atoms with Gasteiger partial charge in [-0.05, 0) is 124 Å². The van der Waals surface area contributed by atoms with Gasteiger partial charge in [0.2, 0.25) is 11.6 Å². The van der Waals surface area contributed by atoms with E-state index in [1.807, 2.05) is 0 Å². The average molecular weight is 591 g/mol. The zero-order valence-corrected chi connectivity index (χ0v) is 26.0. The third kappa shape index (κ3) is 8.89. The molecule has 0 unspecified atom stereocenters. The lowest BCUT2D eigenvalue weighted by molar-refractivity contribution is 0.124. The van der Waals surface area contributed by atoms with E-state index in [9.17, 15) is 17.6 Å². The highest BCUT2D eigenvalue weighted by Crippen LogP contribution is 2.41. The molecule has 2 aromatic rings. The minimum atomic E-state index is -0.862. The zero-order chi connectivity index (χ0) is 30.2. The Morgan fingerprint density at radius 2 is 0.833 bits per heavy atom. The van der Waals surface area contributed by atoms with Crippen molar-refractivity contribution in [2.24, 2.45) is 35.5 Å². The van der Waals surface area contributed by atoms with Crippen molar-refractivity contribution in [1.29, 1.82) is 0 Å². The standard InChI is InChI=1S/C21H30F2O.C15H20F2O/c1-14-3-8-17(9-4-14)18-10-6-16(7-11-18)13-24-19-12-5-15(2)20(22)21(19)23;1-10-3-6-12(7-4-10)9-18-13-8-5-11(2)14(16)15(13)17/h5,12,14,16-18H,3-4,6-11,13H2,1-2H3;5,8,10,12H,3-4,6-7,9H2,1-2H3. The highest BCUT2D eigenvalue weighted by molar-refractivity contribution is 5.31. The molecule has 3 fully saturated rings. The van der Waals surface area contributed by atoms with Crippen molar-refractivity contribution < 1.29 is 27.0 Å². The lowest BCUT2D eigenvalue weighted by Gasteiger charge is -2.37. The van der Waals surface area contributed by atoms with Crippen molar-refractivity contribution in [2.45, 2.75) is 105 Å². The highest BCUT2D eigenvalue weighted by atomic mass is 19.2. The molecule has 42 heavy (non-hydrogen) atoms. The van der Waals surface area contributed by atoms with Gasteiger partial charge < -0.3 is 9.47 Å². The average Bonchev–Trinajstić information content (AvgIpc) is 3.00. The molecule has 0 aliphatic heterocycles. The summed E-state index contributed by atoms with van der Waals surface area (Å²) in [5.74, 6) is 1.25. The van der Waals surface area contributed by atoms with Crippen LogP contribution in [0, 0.1) is 72.6 Å². The molecule has 0 heterocycles. The van der Waals surface area contributed by atoms with Gasteiger partial charge >= 0.3 is 0 Å². The van der Waals surface area contributed by atoms with E-state index in [1.54, 1.807) is 32.0 Å². The van der Waals surface area contributed by atoms with E-state index in [0.29, 0.717) is 36.2 Å². The van der Waals surface area contributed by atoms with E-state index in [-0.39, 0.29) is 11.5 Å². The Labute approximate surface area is 250 Å². The van der Waals surface area contributed by atoms with Crippen LogP contribution < -0.4 is 9.47 Å². The van der Waals surface area contributed by atoms with E-state index in [0.717, 1.165) is 49.4 Å². The van der Waals surface area contributed by atoms with Crippen LogP contribution in [0.2, 0.25) is 0 Å². The molecule has 0 N–H and O–H groups in total. The first-order valence-corrected chi connectivity index (χ1v) is 16.3. The van der Waals surface area contributed by atoms with Crippen molar-refractivity contribution in [3.63, 3.8) is 0 Å². The number of rotatable bonds is 7. The normalized spacial score (nSPS) is 28.0. The second kappa shape index (κ2) is 15.5. The Kier molecular flexibility index (Phi) is 12.0. The van der Waals surface area contributed by atoms with Gasteiger partial charge in [0.15, 0.2) is 23.1 Å². The molecule has 0 atom stereocenters. The Balaban J connectivity index is 0.000000201. The fraction of sp³-hybridized carbons (Fsp3) is 0.667. The first kappa shape index (κ1) is 32.7. The Morgan fingerprint density at radius 1 is 0.500 bits per heavy atom.